The molecule has 4 heterocycles. The lowest BCUT2D eigenvalue weighted by atomic mass is 10.1. The van der Waals surface area contributed by atoms with Crippen molar-refractivity contribution >= 4 is 23.1 Å². The molecular weight excluding hydrogens is 471 g/mol. The number of morpholine rings is 1. The van der Waals surface area contributed by atoms with Crippen molar-refractivity contribution in [2.45, 2.75) is 38.8 Å². The van der Waals surface area contributed by atoms with E-state index in [-0.39, 0.29) is 22.2 Å². The van der Waals surface area contributed by atoms with Crippen LogP contribution in [0, 0.1) is 19.7 Å². The van der Waals surface area contributed by atoms with Crippen molar-refractivity contribution in [3.05, 3.63) is 74.8 Å². The van der Waals surface area contributed by atoms with E-state index in [4.69, 9.17) is 21.3 Å². The predicted octanol–water partition coefficient (Wildman–Crippen LogP) is 4.28. The smallest absolute Gasteiger partial charge is 0.261 e. The Morgan fingerprint density at radius 2 is 2.00 bits per heavy atom. The molecule has 6 rings (SSSR count). The Morgan fingerprint density at radius 1 is 1.17 bits per heavy atom. The maximum absolute atomic E-state index is 15.0. The quantitative estimate of drug-likeness (QED) is 0.421. The van der Waals surface area contributed by atoms with Gasteiger partial charge in [0.25, 0.3) is 5.56 Å². The molecule has 4 aromatic rings. The van der Waals surface area contributed by atoms with Crippen LogP contribution in [-0.4, -0.2) is 43.8 Å². The molecule has 1 aliphatic heterocycles. The standard InChI is InChI=1S/C25H24ClFN6O2/c1-14-15(2)29-24-23(19-6-3-17(26)9-20(19)27)30-22(13-32(24)25(14)34)31-7-8-35-21(12-31)16-10-28-33(11-16)18-4-5-18/h3,6,9-11,13,18,21H,4-5,7-8,12H2,1-2H3/t21-/m0/s1. The monoisotopic (exact) mass is 494 g/mol. The van der Waals surface area contributed by atoms with Crippen LogP contribution in [0.2, 0.25) is 5.02 Å². The minimum absolute atomic E-state index is 0.181. The van der Waals surface area contributed by atoms with Crippen LogP contribution in [0.25, 0.3) is 16.9 Å². The zero-order chi connectivity index (χ0) is 24.3. The maximum atomic E-state index is 15.0. The summed E-state index contributed by atoms with van der Waals surface area (Å²) in [6.07, 6.45) is 7.73. The second-order valence-corrected chi connectivity index (χ2v) is 9.62. The number of anilines is 1. The minimum Gasteiger partial charge on any atom is -0.370 e. The van der Waals surface area contributed by atoms with E-state index in [0.29, 0.717) is 54.2 Å². The maximum Gasteiger partial charge on any atom is 0.261 e. The fraction of sp³-hybridized carbons (Fsp3) is 0.360. The van der Waals surface area contributed by atoms with Crippen LogP contribution in [0.15, 0.2) is 41.6 Å². The third kappa shape index (κ3) is 3.98. The van der Waals surface area contributed by atoms with Gasteiger partial charge in [-0.15, -0.1) is 0 Å². The third-order valence-electron chi connectivity index (χ3n) is 6.76. The van der Waals surface area contributed by atoms with Crippen LogP contribution in [0.5, 0.6) is 0 Å². The van der Waals surface area contributed by atoms with E-state index in [2.05, 4.69) is 21.2 Å². The first kappa shape index (κ1) is 22.2. The molecule has 8 nitrogen and oxygen atoms in total. The summed E-state index contributed by atoms with van der Waals surface area (Å²) in [7, 11) is 0. The highest BCUT2D eigenvalue weighted by Gasteiger charge is 2.29. The average Bonchev–Trinajstić information content (AvgIpc) is 3.59. The van der Waals surface area contributed by atoms with Gasteiger partial charge in [-0.25, -0.2) is 14.4 Å². The molecular formula is C25H24ClFN6O2. The van der Waals surface area contributed by atoms with Gasteiger partial charge in [-0.1, -0.05) is 11.6 Å². The molecule has 0 bridgehead atoms. The Kier molecular flexibility index (Phi) is 5.34. The van der Waals surface area contributed by atoms with Crippen molar-refractivity contribution in [2.75, 3.05) is 24.6 Å². The summed E-state index contributed by atoms with van der Waals surface area (Å²) < 4.78 is 24.5. The van der Waals surface area contributed by atoms with Crippen molar-refractivity contribution in [3.63, 3.8) is 0 Å². The lowest BCUT2D eigenvalue weighted by Crippen LogP contribution is -2.39. The van der Waals surface area contributed by atoms with Crippen LogP contribution < -0.4 is 10.5 Å². The number of ether oxygens (including phenoxy) is 1. The second kappa shape index (κ2) is 8.42. The first-order chi connectivity index (χ1) is 16.9. The zero-order valence-corrected chi connectivity index (χ0v) is 20.2. The van der Waals surface area contributed by atoms with Crippen LogP contribution in [-0.2, 0) is 4.74 Å². The van der Waals surface area contributed by atoms with Crippen molar-refractivity contribution < 1.29 is 9.13 Å². The van der Waals surface area contributed by atoms with E-state index >= 15 is 0 Å². The fourth-order valence-corrected chi connectivity index (χ4v) is 4.61. The summed E-state index contributed by atoms with van der Waals surface area (Å²) in [4.78, 5) is 24.7. The summed E-state index contributed by atoms with van der Waals surface area (Å²) in [6.45, 7) is 5.11. The first-order valence-electron chi connectivity index (χ1n) is 11.7. The van der Waals surface area contributed by atoms with Gasteiger partial charge in [0.1, 0.15) is 23.4 Å². The molecule has 10 heteroatoms. The number of rotatable bonds is 4. The van der Waals surface area contributed by atoms with Crippen LogP contribution in [0.4, 0.5) is 10.2 Å². The number of fused-ring (bicyclic) bond motifs is 1. The molecule has 1 aliphatic carbocycles. The van der Waals surface area contributed by atoms with Gasteiger partial charge in [-0.3, -0.25) is 13.9 Å². The Morgan fingerprint density at radius 3 is 2.77 bits per heavy atom. The summed E-state index contributed by atoms with van der Waals surface area (Å²) in [5.41, 5.74) is 2.76. The number of benzene rings is 1. The Hall–Kier alpha value is -3.30. The van der Waals surface area contributed by atoms with Crippen molar-refractivity contribution in [1.82, 2.24) is 24.1 Å². The van der Waals surface area contributed by atoms with Gasteiger partial charge in [0, 0.05) is 40.1 Å². The van der Waals surface area contributed by atoms with Crippen molar-refractivity contribution in [2.24, 2.45) is 0 Å². The van der Waals surface area contributed by atoms with Crippen LogP contribution in [0.3, 0.4) is 0 Å². The molecule has 1 saturated heterocycles. The highest BCUT2D eigenvalue weighted by atomic mass is 35.5. The molecule has 35 heavy (non-hydrogen) atoms. The number of hydrogen-bond donors (Lipinski definition) is 0. The first-order valence-corrected chi connectivity index (χ1v) is 12.0. The van der Waals surface area contributed by atoms with E-state index < -0.39 is 5.82 Å². The van der Waals surface area contributed by atoms with Gasteiger partial charge < -0.3 is 9.64 Å². The Bertz CT molecular complexity index is 1510. The highest BCUT2D eigenvalue weighted by molar-refractivity contribution is 6.30. The van der Waals surface area contributed by atoms with E-state index in [1.807, 2.05) is 10.9 Å². The summed E-state index contributed by atoms with van der Waals surface area (Å²) >= 11 is 5.99. The predicted molar refractivity (Wildman–Crippen MR) is 131 cm³/mol. The third-order valence-corrected chi connectivity index (χ3v) is 6.99. The molecule has 3 aromatic heterocycles. The molecule has 2 fully saturated rings. The summed E-state index contributed by atoms with van der Waals surface area (Å²) in [5, 5.41) is 4.77. The topological polar surface area (TPSA) is 77.6 Å². The van der Waals surface area contributed by atoms with E-state index in [0.717, 1.165) is 18.4 Å². The van der Waals surface area contributed by atoms with Gasteiger partial charge in [-0.05, 0) is 44.9 Å². The number of hydrogen-bond acceptors (Lipinski definition) is 6. The SMILES string of the molecule is Cc1nc2c(-c3ccc(Cl)cc3F)nc(N3CCO[C@H](c4cnn(C5CC5)c4)C3)cn2c(=O)c1C. The number of aromatic nitrogens is 5. The van der Waals surface area contributed by atoms with E-state index in [1.54, 1.807) is 32.2 Å². The number of aryl methyl sites for hydroxylation is 1. The van der Waals surface area contributed by atoms with Crippen LogP contribution >= 0.6 is 11.6 Å². The molecule has 0 N–H and O–H groups in total. The van der Waals surface area contributed by atoms with Gasteiger partial charge in [0.15, 0.2) is 5.65 Å². The summed E-state index contributed by atoms with van der Waals surface area (Å²) in [6, 6.07) is 4.91. The van der Waals surface area contributed by atoms with Gasteiger partial charge >= 0.3 is 0 Å². The fourth-order valence-electron chi connectivity index (χ4n) is 4.46. The minimum atomic E-state index is -0.524. The van der Waals surface area contributed by atoms with E-state index in [1.165, 1.54) is 10.5 Å². The van der Waals surface area contributed by atoms with E-state index in [9.17, 15) is 9.18 Å². The van der Waals surface area contributed by atoms with Crippen molar-refractivity contribution in [3.8, 4) is 11.3 Å². The molecule has 1 aromatic carbocycles. The van der Waals surface area contributed by atoms with Gasteiger partial charge in [-0.2, -0.15) is 5.10 Å². The number of halogens is 2. The molecule has 2 aliphatic rings. The number of nitrogens with zero attached hydrogens (tertiary/aromatic N) is 6. The molecule has 0 unspecified atom stereocenters. The molecule has 0 amide bonds. The molecule has 1 saturated carbocycles. The van der Waals surface area contributed by atoms with Crippen molar-refractivity contribution in [1.29, 1.82) is 0 Å². The van der Waals surface area contributed by atoms with Gasteiger partial charge in [0.2, 0.25) is 0 Å². The second-order valence-electron chi connectivity index (χ2n) is 9.18. The molecule has 1 atom stereocenters. The zero-order valence-electron chi connectivity index (χ0n) is 19.4. The highest BCUT2D eigenvalue weighted by Crippen LogP contribution is 2.35. The average molecular weight is 495 g/mol. The lowest BCUT2D eigenvalue weighted by Gasteiger charge is -2.33. The molecule has 0 spiro atoms. The molecule has 0 radical (unpaired) electrons. The Labute approximate surface area is 205 Å². The summed E-state index contributed by atoms with van der Waals surface area (Å²) in [5.74, 6) is 0.0285. The van der Waals surface area contributed by atoms with Crippen LogP contribution in [0.1, 0.15) is 41.8 Å². The molecule has 180 valence electrons. The Balaban J connectivity index is 1.45. The lowest BCUT2D eigenvalue weighted by molar-refractivity contribution is 0.0394. The largest absolute Gasteiger partial charge is 0.370 e. The normalized spacial score (nSPS) is 18.4. The van der Waals surface area contributed by atoms with Gasteiger partial charge in [0.05, 0.1) is 31.6 Å².